The van der Waals surface area contributed by atoms with E-state index in [1.165, 1.54) is 13.3 Å². The summed E-state index contributed by atoms with van der Waals surface area (Å²) in [6, 6.07) is 4.40. The van der Waals surface area contributed by atoms with Crippen molar-refractivity contribution in [3.8, 4) is 5.75 Å². The molecular weight excluding hydrogens is 389 g/mol. The average molecular weight is 410 g/mol. The topological polar surface area (TPSA) is 68.6 Å². The Morgan fingerprint density at radius 3 is 2.55 bits per heavy atom. The molecule has 0 aliphatic carbocycles. The zero-order valence-corrected chi connectivity index (χ0v) is 15.8. The lowest BCUT2D eigenvalue weighted by atomic mass is 9.96. The molecule has 1 amide bonds. The summed E-state index contributed by atoms with van der Waals surface area (Å²) in [6.45, 7) is 1.60. The third-order valence-corrected chi connectivity index (χ3v) is 5.29. The van der Waals surface area contributed by atoms with Gasteiger partial charge in [-0.3, -0.25) is 4.79 Å². The van der Waals surface area contributed by atoms with E-state index in [1.54, 1.807) is 29.2 Å². The number of anilines is 1. The van der Waals surface area contributed by atoms with Crippen LogP contribution in [-0.4, -0.2) is 60.2 Å². The van der Waals surface area contributed by atoms with Crippen LogP contribution in [0.25, 0.3) is 0 Å². The van der Waals surface area contributed by atoms with Crippen LogP contribution in [0.15, 0.2) is 30.5 Å². The molecule has 1 N–H and O–H groups in total. The third kappa shape index (κ3) is 3.76. The number of alkyl halides is 3. The summed E-state index contributed by atoms with van der Waals surface area (Å²) in [4.78, 5) is 14.5. The monoisotopic (exact) mass is 410 g/mol. The molecule has 3 heterocycles. The molecule has 0 radical (unpaired) electrons. The second-order valence-corrected chi connectivity index (χ2v) is 7.02. The molecule has 1 saturated heterocycles. The lowest BCUT2D eigenvalue weighted by molar-refractivity contribution is -0.173. The highest BCUT2D eigenvalue weighted by Gasteiger charge is 2.47. The van der Waals surface area contributed by atoms with Gasteiger partial charge in [-0.25, -0.2) is 4.68 Å². The highest BCUT2D eigenvalue weighted by molar-refractivity contribution is 5.99. The first-order valence-corrected chi connectivity index (χ1v) is 9.30. The molecule has 2 atom stereocenters. The minimum Gasteiger partial charge on any atom is -0.497 e. The molecule has 2 aromatic rings. The van der Waals surface area contributed by atoms with Crippen molar-refractivity contribution in [2.24, 2.45) is 0 Å². The number of hydrogen-bond acceptors (Lipinski definition) is 5. The van der Waals surface area contributed by atoms with Gasteiger partial charge < -0.3 is 19.7 Å². The number of morpholine rings is 1. The van der Waals surface area contributed by atoms with Crippen molar-refractivity contribution in [2.45, 2.75) is 24.7 Å². The summed E-state index contributed by atoms with van der Waals surface area (Å²) in [7, 11) is 1.52. The number of carbonyl (C=O) groups is 1. The maximum absolute atomic E-state index is 13.8. The Morgan fingerprint density at radius 2 is 1.93 bits per heavy atom. The summed E-state index contributed by atoms with van der Waals surface area (Å²) in [5, 5.41) is 7.01. The van der Waals surface area contributed by atoms with Crippen LogP contribution < -0.4 is 10.1 Å². The second-order valence-electron chi connectivity index (χ2n) is 7.02. The van der Waals surface area contributed by atoms with Gasteiger partial charge in [-0.05, 0) is 17.7 Å². The summed E-state index contributed by atoms with van der Waals surface area (Å²) in [5.41, 5.74) is 0.816. The molecule has 2 aliphatic rings. The summed E-state index contributed by atoms with van der Waals surface area (Å²) < 4.78 is 52.6. The number of rotatable bonds is 3. The first kappa shape index (κ1) is 19.6. The van der Waals surface area contributed by atoms with Gasteiger partial charge in [0.25, 0.3) is 5.91 Å². The number of ether oxygens (including phenoxy) is 2. The van der Waals surface area contributed by atoms with E-state index in [1.807, 2.05) is 0 Å². The van der Waals surface area contributed by atoms with Crippen LogP contribution in [0, 0.1) is 0 Å². The van der Waals surface area contributed by atoms with Gasteiger partial charge in [-0.2, -0.15) is 18.3 Å². The number of nitrogens with one attached hydrogen (secondary N) is 1. The summed E-state index contributed by atoms with van der Waals surface area (Å²) in [6.07, 6.45) is -3.50. The first-order chi connectivity index (χ1) is 13.9. The minimum absolute atomic E-state index is 0.0934. The van der Waals surface area contributed by atoms with Crippen LogP contribution in [-0.2, 0) is 4.74 Å². The fourth-order valence-corrected chi connectivity index (χ4v) is 3.71. The Morgan fingerprint density at radius 1 is 1.24 bits per heavy atom. The average Bonchev–Trinajstić information content (AvgIpc) is 3.16. The molecule has 0 unspecified atom stereocenters. The van der Waals surface area contributed by atoms with Gasteiger partial charge in [-0.15, -0.1) is 0 Å². The van der Waals surface area contributed by atoms with Crippen LogP contribution in [0.2, 0.25) is 0 Å². The number of benzene rings is 1. The molecule has 0 bridgehead atoms. The van der Waals surface area contributed by atoms with E-state index < -0.39 is 18.3 Å². The van der Waals surface area contributed by atoms with Crippen molar-refractivity contribution < 1.29 is 27.4 Å². The quantitative estimate of drug-likeness (QED) is 0.843. The molecule has 0 spiro atoms. The van der Waals surface area contributed by atoms with Crippen molar-refractivity contribution >= 4 is 11.7 Å². The number of amides is 1. The predicted octanol–water partition coefficient (Wildman–Crippen LogP) is 3.02. The SMILES string of the molecule is COc1ccc([C@@H]2C[C@H](C(F)(F)F)n3ncc(C(=O)N4CCOCC4)c3N2)cc1. The number of aromatic nitrogens is 2. The lowest BCUT2D eigenvalue weighted by Crippen LogP contribution is -2.41. The molecule has 1 aromatic carbocycles. The van der Waals surface area contributed by atoms with Gasteiger partial charge in [0.2, 0.25) is 0 Å². The van der Waals surface area contributed by atoms with Gasteiger partial charge >= 0.3 is 6.18 Å². The Labute approximate surface area is 165 Å². The molecule has 29 heavy (non-hydrogen) atoms. The Hall–Kier alpha value is -2.75. The molecule has 2 aliphatic heterocycles. The largest absolute Gasteiger partial charge is 0.497 e. The standard InChI is InChI=1S/C19H21F3N4O3/c1-28-13-4-2-12(3-5-13)15-10-16(19(20,21)22)26-17(24-15)14(11-23-26)18(27)25-6-8-29-9-7-25/h2-5,11,15-16,24H,6-10H2,1H3/t15-,16+/m0/s1. The molecule has 0 saturated carbocycles. The van der Waals surface area contributed by atoms with E-state index in [-0.39, 0.29) is 23.7 Å². The van der Waals surface area contributed by atoms with Gasteiger partial charge in [0, 0.05) is 19.5 Å². The van der Waals surface area contributed by atoms with E-state index in [9.17, 15) is 18.0 Å². The molecule has 4 rings (SSSR count). The smallest absolute Gasteiger partial charge is 0.410 e. The first-order valence-electron chi connectivity index (χ1n) is 9.30. The number of nitrogens with zero attached hydrogens (tertiary/aromatic N) is 3. The predicted molar refractivity (Wildman–Crippen MR) is 98.0 cm³/mol. The zero-order valence-electron chi connectivity index (χ0n) is 15.8. The third-order valence-electron chi connectivity index (χ3n) is 5.29. The van der Waals surface area contributed by atoms with E-state index in [4.69, 9.17) is 9.47 Å². The normalized spacial score (nSPS) is 22.0. The Bertz CT molecular complexity index is 876. The number of methoxy groups -OCH3 is 1. The van der Waals surface area contributed by atoms with E-state index in [0.717, 1.165) is 4.68 Å². The van der Waals surface area contributed by atoms with Crippen LogP contribution in [0.1, 0.15) is 34.4 Å². The maximum Gasteiger partial charge on any atom is 0.410 e. The van der Waals surface area contributed by atoms with E-state index in [0.29, 0.717) is 37.6 Å². The van der Waals surface area contributed by atoms with E-state index >= 15 is 0 Å². The summed E-state index contributed by atoms with van der Waals surface area (Å²) in [5.74, 6) is 0.361. The molecule has 156 valence electrons. The lowest BCUT2D eigenvalue weighted by Gasteiger charge is -2.34. The molecule has 1 fully saturated rings. The van der Waals surface area contributed by atoms with Gasteiger partial charge in [-0.1, -0.05) is 12.1 Å². The van der Waals surface area contributed by atoms with Crippen molar-refractivity contribution in [2.75, 3.05) is 38.7 Å². The maximum atomic E-state index is 13.8. The number of fused-ring (bicyclic) bond motifs is 1. The van der Waals surface area contributed by atoms with Crippen LogP contribution in [0.4, 0.5) is 19.0 Å². The Balaban J connectivity index is 1.68. The van der Waals surface area contributed by atoms with Gasteiger partial charge in [0.05, 0.1) is 32.6 Å². The van der Waals surface area contributed by atoms with Gasteiger partial charge in [0.15, 0.2) is 6.04 Å². The summed E-state index contributed by atoms with van der Waals surface area (Å²) >= 11 is 0. The van der Waals surface area contributed by atoms with Crippen molar-refractivity contribution in [3.05, 3.63) is 41.6 Å². The van der Waals surface area contributed by atoms with Crippen LogP contribution in [0.3, 0.4) is 0 Å². The molecular formula is C19H21F3N4O3. The number of carbonyl (C=O) groups excluding carboxylic acids is 1. The molecule has 7 nitrogen and oxygen atoms in total. The number of halogens is 3. The van der Waals surface area contributed by atoms with Crippen LogP contribution in [0.5, 0.6) is 5.75 Å². The zero-order chi connectivity index (χ0) is 20.6. The fourth-order valence-electron chi connectivity index (χ4n) is 3.71. The molecule has 10 heteroatoms. The van der Waals surface area contributed by atoms with Crippen molar-refractivity contribution in [1.29, 1.82) is 0 Å². The van der Waals surface area contributed by atoms with Gasteiger partial charge in [0.1, 0.15) is 17.1 Å². The minimum atomic E-state index is -4.49. The van der Waals surface area contributed by atoms with Crippen molar-refractivity contribution in [3.63, 3.8) is 0 Å². The number of hydrogen-bond donors (Lipinski definition) is 1. The fraction of sp³-hybridized carbons (Fsp3) is 0.474. The van der Waals surface area contributed by atoms with E-state index in [2.05, 4.69) is 10.4 Å². The highest BCUT2D eigenvalue weighted by Crippen LogP contribution is 2.44. The van der Waals surface area contributed by atoms with Crippen LogP contribution >= 0.6 is 0 Å². The molecule has 1 aromatic heterocycles. The second kappa shape index (κ2) is 7.58. The highest BCUT2D eigenvalue weighted by atomic mass is 19.4. The van der Waals surface area contributed by atoms with Crippen molar-refractivity contribution in [1.82, 2.24) is 14.7 Å². The Kier molecular flexibility index (Phi) is 5.12.